The number of carbonyl (C=O) groups is 1. The number of imidazole rings is 1. The molecule has 0 saturated carbocycles. The molecule has 0 saturated heterocycles. The van der Waals surface area contributed by atoms with E-state index in [1.165, 1.54) is 20.9 Å². The third-order valence-corrected chi connectivity index (χ3v) is 6.58. The van der Waals surface area contributed by atoms with Gasteiger partial charge in [-0.3, -0.25) is 13.9 Å². The largest absolute Gasteiger partial charge is 0.330 e. The average Bonchev–Trinajstić information content (AvgIpc) is 3.03. The molecule has 10 heteroatoms. The van der Waals surface area contributed by atoms with Crippen molar-refractivity contribution in [2.45, 2.75) is 5.16 Å². The summed E-state index contributed by atoms with van der Waals surface area (Å²) in [6.07, 6.45) is 0. The van der Waals surface area contributed by atoms with Crippen molar-refractivity contribution in [2.75, 3.05) is 5.75 Å². The van der Waals surface area contributed by atoms with Crippen LogP contribution in [-0.4, -0.2) is 30.6 Å². The van der Waals surface area contributed by atoms with Crippen LogP contribution >= 0.6 is 58.2 Å². The first-order chi connectivity index (χ1) is 11.8. The first-order valence-electron chi connectivity index (χ1n) is 7.06. The van der Waals surface area contributed by atoms with Gasteiger partial charge in [0, 0.05) is 23.2 Å². The molecular formula is C15H12ClIN4O2S2. The van der Waals surface area contributed by atoms with Crippen LogP contribution in [0, 0.1) is 8.21 Å². The minimum Gasteiger partial charge on any atom is -0.329 e. The first-order valence-corrected chi connectivity index (χ1v) is 9.91. The van der Waals surface area contributed by atoms with Crippen molar-refractivity contribution in [1.82, 2.24) is 19.1 Å². The Hall–Kier alpha value is -1.17. The topological polar surface area (TPSA) is 72.7 Å². The molecule has 3 rings (SSSR count). The maximum absolute atomic E-state index is 12.3. The lowest BCUT2D eigenvalue weighted by Crippen LogP contribution is -2.27. The van der Waals surface area contributed by atoms with E-state index in [1.54, 1.807) is 32.3 Å². The summed E-state index contributed by atoms with van der Waals surface area (Å²) in [5, 5.41) is 1.09. The number of nitrogens with zero attached hydrogens (tertiary/aromatic N) is 3. The number of rotatable bonds is 4. The van der Waals surface area contributed by atoms with Crippen LogP contribution in [0.15, 0.2) is 28.2 Å². The van der Waals surface area contributed by atoms with Crippen LogP contribution in [0.2, 0.25) is 5.02 Å². The van der Waals surface area contributed by atoms with Crippen molar-refractivity contribution in [1.29, 1.82) is 0 Å². The number of hydrogen-bond donors (Lipinski definition) is 1. The van der Waals surface area contributed by atoms with E-state index in [9.17, 15) is 9.59 Å². The number of aromatic nitrogens is 4. The zero-order chi connectivity index (χ0) is 18.3. The maximum Gasteiger partial charge on any atom is 0.330 e. The predicted molar refractivity (Wildman–Crippen MR) is 110 cm³/mol. The fourth-order valence-corrected chi connectivity index (χ4v) is 3.76. The van der Waals surface area contributed by atoms with Crippen LogP contribution < -0.4 is 5.69 Å². The average molecular weight is 507 g/mol. The van der Waals surface area contributed by atoms with Crippen molar-refractivity contribution >= 4 is 75.1 Å². The quantitative estimate of drug-likeness (QED) is 0.254. The summed E-state index contributed by atoms with van der Waals surface area (Å²) in [5.74, 6) is 0.144. The van der Waals surface area contributed by atoms with Gasteiger partial charge in [0.25, 0.3) is 0 Å². The minimum atomic E-state index is -0.245. The van der Waals surface area contributed by atoms with E-state index in [0.717, 1.165) is 3.57 Å². The summed E-state index contributed by atoms with van der Waals surface area (Å²) in [7, 11) is 3.25. The maximum atomic E-state index is 12.3. The molecule has 130 valence electrons. The van der Waals surface area contributed by atoms with Gasteiger partial charge in [0.15, 0.2) is 16.6 Å². The van der Waals surface area contributed by atoms with E-state index in [-0.39, 0.29) is 17.2 Å². The number of fused-ring (bicyclic) bond motifs is 1. The molecule has 0 fully saturated rings. The Labute approximate surface area is 170 Å². The van der Waals surface area contributed by atoms with Crippen molar-refractivity contribution in [2.24, 2.45) is 14.1 Å². The SMILES string of the molecule is Cn1c(=S)c2[nH]c(SCC(=O)c3ccc(I)c(Cl)c3)nc2n(C)c1=O. The number of aromatic amines is 1. The van der Waals surface area contributed by atoms with Gasteiger partial charge in [-0.1, -0.05) is 41.6 Å². The number of ketones is 1. The molecule has 0 atom stereocenters. The number of aryl methyl sites for hydroxylation is 1. The van der Waals surface area contributed by atoms with E-state index in [0.29, 0.717) is 31.5 Å². The summed E-state index contributed by atoms with van der Waals surface area (Å²) in [6.45, 7) is 0. The molecule has 2 heterocycles. The van der Waals surface area contributed by atoms with Crippen LogP contribution in [0.25, 0.3) is 11.2 Å². The Morgan fingerprint density at radius 3 is 2.80 bits per heavy atom. The summed E-state index contributed by atoms with van der Waals surface area (Å²) in [5.41, 5.74) is 1.38. The normalized spacial score (nSPS) is 11.2. The molecule has 6 nitrogen and oxygen atoms in total. The number of thioether (sulfide) groups is 1. The Morgan fingerprint density at radius 2 is 2.12 bits per heavy atom. The molecule has 1 N–H and O–H groups in total. The van der Waals surface area contributed by atoms with E-state index in [2.05, 4.69) is 32.6 Å². The molecule has 1 aromatic carbocycles. The van der Waals surface area contributed by atoms with Crippen LogP contribution in [0.1, 0.15) is 10.4 Å². The van der Waals surface area contributed by atoms with E-state index < -0.39 is 0 Å². The third kappa shape index (κ3) is 3.55. The number of halogens is 2. The van der Waals surface area contributed by atoms with Crippen molar-refractivity contribution < 1.29 is 4.79 Å². The second kappa shape index (κ2) is 7.22. The van der Waals surface area contributed by atoms with Gasteiger partial charge in [0.05, 0.1) is 10.8 Å². The van der Waals surface area contributed by atoms with Gasteiger partial charge in [-0.2, -0.15) is 0 Å². The Bertz CT molecular complexity index is 1120. The second-order valence-corrected chi connectivity index (χ2v) is 8.21. The zero-order valence-electron chi connectivity index (χ0n) is 13.2. The summed E-state index contributed by atoms with van der Waals surface area (Å²) in [6, 6.07) is 5.22. The van der Waals surface area contributed by atoms with Gasteiger partial charge in [-0.25, -0.2) is 9.78 Å². The van der Waals surface area contributed by atoms with Crippen molar-refractivity contribution in [3.8, 4) is 0 Å². The summed E-state index contributed by atoms with van der Waals surface area (Å²) in [4.78, 5) is 31.9. The van der Waals surface area contributed by atoms with E-state index in [1.807, 2.05) is 0 Å². The minimum absolute atomic E-state index is 0.0539. The molecule has 3 aromatic rings. The third-order valence-electron chi connectivity index (χ3n) is 3.65. The molecule has 0 unspecified atom stereocenters. The molecule has 0 aliphatic heterocycles. The highest BCUT2D eigenvalue weighted by atomic mass is 127. The Balaban J connectivity index is 1.86. The number of carbonyl (C=O) groups excluding carboxylic acids is 1. The monoisotopic (exact) mass is 506 g/mol. The standard InChI is InChI=1S/C15H12ClIN4O2S2/c1-20-12-11(13(24)21(2)15(20)23)18-14(19-12)25-6-10(22)7-3-4-9(17)8(16)5-7/h3-5H,6H2,1-2H3,(H,18,19). The van der Waals surface area contributed by atoms with Gasteiger partial charge in [-0.15, -0.1) is 0 Å². The molecular weight excluding hydrogens is 495 g/mol. The number of nitrogens with one attached hydrogen (secondary N) is 1. The molecule has 0 bridgehead atoms. The predicted octanol–water partition coefficient (Wildman–Crippen LogP) is 3.56. The van der Waals surface area contributed by atoms with Crippen LogP contribution in [0.4, 0.5) is 0 Å². The molecule has 0 spiro atoms. The Kier molecular flexibility index (Phi) is 5.37. The highest BCUT2D eigenvalue weighted by Crippen LogP contribution is 2.23. The lowest BCUT2D eigenvalue weighted by atomic mass is 10.1. The van der Waals surface area contributed by atoms with E-state index in [4.69, 9.17) is 23.8 Å². The van der Waals surface area contributed by atoms with Crippen LogP contribution in [0.3, 0.4) is 0 Å². The molecule has 0 aliphatic rings. The Morgan fingerprint density at radius 1 is 1.40 bits per heavy atom. The molecule has 2 aromatic heterocycles. The van der Waals surface area contributed by atoms with Gasteiger partial charge >= 0.3 is 5.69 Å². The fraction of sp³-hybridized carbons (Fsp3) is 0.200. The lowest BCUT2D eigenvalue weighted by Gasteiger charge is -2.02. The number of benzene rings is 1. The highest BCUT2D eigenvalue weighted by Gasteiger charge is 2.14. The van der Waals surface area contributed by atoms with Gasteiger partial charge in [0.1, 0.15) is 10.2 Å². The van der Waals surface area contributed by atoms with E-state index >= 15 is 0 Å². The lowest BCUT2D eigenvalue weighted by molar-refractivity contribution is 0.102. The van der Waals surface area contributed by atoms with Gasteiger partial charge < -0.3 is 4.98 Å². The smallest absolute Gasteiger partial charge is 0.329 e. The fourth-order valence-electron chi connectivity index (χ4n) is 2.26. The van der Waals surface area contributed by atoms with Crippen molar-refractivity contribution in [3.05, 3.63) is 47.5 Å². The molecule has 25 heavy (non-hydrogen) atoms. The molecule has 0 aliphatic carbocycles. The first kappa shape index (κ1) is 18.6. The second-order valence-electron chi connectivity index (χ2n) is 5.29. The summed E-state index contributed by atoms with van der Waals surface area (Å²) >= 11 is 14.7. The molecule has 0 amide bonds. The molecule has 0 radical (unpaired) electrons. The van der Waals surface area contributed by atoms with Crippen LogP contribution in [0.5, 0.6) is 0 Å². The van der Waals surface area contributed by atoms with Gasteiger partial charge in [-0.05, 0) is 34.7 Å². The summed E-state index contributed by atoms with van der Waals surface area (Å²) < 4.78 is 4.08. The van der Waals surface area contributed by atoms with Crippen molar-refractivity contribution in [3.63, 3.8) is 0 Å². The number of Topliss-reactive ketones (excluding diaryl/α,β-unsaturated/α-hetero) is 1. The van der Waals surface area contributed by atoms with Crippen LogP contribution in [-0.2, 0) is 14.1 Å². The number of hydrogen-bond acceptors (Lipinski definition) is 5. The highest BCUT2D eigenvalue weighted by molar-refractivity contribution is 14.1. The zero-order valence-corrected chi connectivity index (χ0v) is 17.7. The number of H-pyrrole nitrogens is 1. The van der Waals surface area contributed by atoms with Gasteiger partial charge in [0.2, 0.25) is 0 Å².